The first kappa shape index (κ1) is 13.6. The number of nitrogens with one attached hydrogen (secondary N) is 1. The zero-order valence-corrected chi connectivity index (χ0v) is 13.0. The molecule has 2 heteroatoms. The summed E-state index contributed by atoms with van der Waals surface area (Å²) < 4.78 is 0. The van der Waals surface area contributed by atoms with Crippen molar-refractivity contribution in [2.45, 2.75) is 89.3 Å². The first-order valence-electron chi connectivity index (χ1n) is 9.07. The quantitative estimate of drug-likeness (QED) is 0.827. The number of aliphatic hydroxyl groups is 1. The molecule has 3 unspecified atom stereocenters. The second-order valence-corrected chi connectivity index (χ2v) is 8.73. The standard InChI is InChI=1S/C18H31NO/c1-12-3-2-4-16(19-12)8-17(20)18-9-13-5-14(10-18)7-15(6-13)11-18/h12-17,19-20H,2-11H2,1H3. The Morgan fingerprint density at radius 3 is 2.20 bits per heavy atom. The van der Waals surface area contributed by atoms with Crippen molar-refractivity contribution >= 4 is 0 Å². The first-order chi connectivity index (χ1) is 9.63. The molecule has 5 aliphatic rings. The van der Waals surface area contributed by atoms with Crippen LogP contribution in [0.1, 0.15) is 71.1 Å². The van der Waals surface area contributed by atoms with Gasteiger partial charge in [-0.05, 0) is 87.9 Å². The molecule has 20 heavy (non-hydrogen) atoms. The molecule has 3 atom stereocenters. The largest absolute Gasteiger partial charge is 0.392 e. The number of rotatable bonds is 3. The minimum atomic E-state index is -0.0429. The van der Waals surface area contributed by atoms with Crippen molar-refractivity contribution in [3.05, 3.63) is 0 Å². The molecule has 0 amide bonds. The molecule has 0 radical (unpaired) electrons. The Morgan fingerprint density at radius 2 is 1.65 bits per heavy atom. The molecule has 4 bridgehead atoms. The lowest BCUT2D eigenvalue weighted by Crippen LogP contribution is -2.53. The van der Waals surface area contributed by atoms with Gasteiger partial charge in [-0.1, -0.05) is 6.42 Å². The molecule has 4 saturated carbocycles. The topological polar surface area (TPSA) is 32.3 Å². The highest BCUT2D eigenvalue weighted by molar-refractivity contribution is 5.05. The van der Waals surface area contributed by atoms with Crippen LogP contribution < -0.4 is 5.32 Å². The van der Waals surface area contributed by atoms with Gasteiger partial charge in [0, 0.05) is 12.1 Å². The van der Waals surface area contributed by atoms with Gasteiger partial charge in [0.15, 0.2) is 0 Å². The molecule has 1 saturated heterocycles. The van der Waals surface area contributed by atoms with Crippen LogP contribution in [0.4, 0.5) is 0 Å². The first-order valence-corrected chi connectivity index (χ1v) is 9.07. The van der Waals surface area contributed by atoms with Crippen molar-refractivity contribution < 1.29 is 5.11 Å². The van der Waals surface area contributed by atoms with E-state index in [1.165, 1.54) is 57.8 Å². The summed E-state index contributed by atoms with van der Waals surface area (Å²) in [5, 5.41) is 14.7. The van der Waals surface area contributed by atoms with Crippen molar-refractivity contribution in [1.29, 1.82) is 0 Å². The highest BCUT2D eigenvalue weighted by Gasteiger charge is 2.54. The summed E-state index contributed by atoms with van der Waals surface area (Å²) in [5.41, 5.74) is 0.317. The van der Waals surface area contributed by atoms with Crippen LogP contribution in [0.15, 0.2) is 0 Å². The van der Waals surface area contributed by atoms with Gasteiger partial charge in [-0.2, -0.15) is 0 Å². The fraction of sp³-hybridized carbons (Fsp3) is 1.00. The molecule has 114 valence electrons. The summed E-state index contributed by atoms with van der Waals surface area (Å²) in [4.78, 5) is 0. The fourth-order valence-corrected chi connectivity index (χ4v) is 6.53. The summed E-state index contributed by atoms with van der Waals surface area (Å²) in [6, 6.07) is 1.22. The van der Waals surface area contributed by atoms with Crippen LogP contribution in [0.3, 0.4) is 0 Å². The Labute approximate surface area is 123 Å². The lowest BCUT2D eigenvalue weighted by molar-refractivity contribution is -0.124. The highest BCUT2D eigenvalue weighted by atomic mass is 16.3. The monoisotopic (exact) mass is 277 g/mol. The van der Waals surface area contributed by atoms with Gasteiger partial charge in [0.05, 0.1) is 6.10 Å². The van der Waals surface area contributed by atoms with Crippen LogP contribution in [0.2, 0.25) is 0 Å². The maximum Gasteiger partial charge on any atom is 0.0611 e. The zero-order valence-electron chi connectivity index (χ0n) is 13.0. The van der Waals surface area contributed by atoms with Crippen LogP contribution >= 0.6 is 0 Å². The number of piperidine rings is 1. The molecule has 0 spiro atoms. The van der Waals surface area contributed by atoms with Gasteiger partial charge < -0.3 is 10.4 Å². The fourth-order valence-electron chi connectivity index (χ4n) is 6.53. The Hall–Kier alpha value is -0.0800. The third-order valence-corrected chi connectivity index (χ3v) is 7.01. The summed E-state index contributed by atoms with van der Waals surface area (Å²) in [5.74, 6) is 2.86. The Balaban J connectivity index is 1.44. The van der Waals surface area contributed by atoms with E-state index in [2.05, 4.69) is 12.2 Å². The Bertz CT molecular complexity index is 331. The van der Waals surface area contributed by atoms with Gasteiger partial charge in [0.2, 0.25) is 0 Å². The molecule has 0 aromatic carbocycles. The zero-order chi connectivity index (χ0) is 13.7. The normalized spacial score (nSPS) is 52.2. The number of hydrogen-bond acceptors (Lipinski definition) is 2. The van der Waals surface area contributed by atoms with Crippen LogP contribution in [0.5, 0.6) is 0 Å². The van der Waals surface area contributed by atoms with Gasteiger partial charge in [0.25, 0.3) is 0 Å². The third-order valence-electron chi connectivity index (χ3n) is 7.01. The molecule has 1 aliphatic heterocycles. The molecule has 0 aromatic heterocycles. The molecule has 5 fully saturated rings. The lowest BCUT2D eigenvalue weighted by Gasteiger charge is -2.58. The van der Waals surface area contributed by atoms with E-state index in [9.17, 15) is 5.11 Å². The van der Waals surface area contributed by atoms with Crippen LogP contribution in [-0.4, -0.2) is 23.3 Å². The minimum Gasteiger partial charge on any atom is -0.392 e. The van der Waals surface area contributed by atoms with E-state index in [1.807, 2.05) is 0 Å². The van der Waals surface area contributed by atoms with Gasteiger partial charge in [-0.15, -0.1) is 0 Å². The predicted octanol–water partition coefficient (Wildman–Crippen LogP) is 3.48. The maximum atomic E-state index is 11.0. The average molecular weight is 277 g/mol. The van der Waals surface area contributed by atoms with Crippen molar-refractivity contribution in [2.24, 2.45) is 23.2 Å². The average Bonchev–Trinajstić information content (AvgIpc) is 2.37. The van der Waals surface area contributed by atoms with E-state index in [4.69, 9.17) is 0 Å². The molecule has 0 aromatic rings. The van der Waals surface area contributed by atoms with Crippen LogP contribution in [0.25, 0.3) is 0 Å². The third kappa shape index (κ3) is 2.33. The van der Waals surface area contributed by atoms with Crippen molar-refractivity contribution in [2.75, 3.05) is 0 Å². The van der Waals surface area contributed by atoms with E-state index < -0.39 is 0 Å². The van der Waals surface area contributed by atoms with Crippen molar-refractivity contribution in [3.63, 3.8) is 0 Å². The lowest BCUT2D eigenvalue weighted by atomic mass is 9.48. The smallest absolute Gasteiger partial charge is 0.0611 e. The minimum absolute atomic E-state index is 0.0429. The Kier molecular flexibility index (Phi) is 3.38. The van der Waals surface area contributed by atoms with Crippen LogP contribution in [-0.2, 0) is 0 Å². The number of hydrogen-bond donors (Lipinski definition) is 2. The van der Waals surface area contributed by atoms with Gasteiger partial charge in [-0.3, -0.25) is 0 Å². The summed E-state index contributed by atoms with van der Waals surface area (Å²) in [6.07, 6.45) is 13.3. The molecule has 4 aliphatic carbocycles. The van der Waals surface area contributed by atoms with E-state index in [0.717, 1.165) is 24.2 Å². The highest BCUT2D eigenvalue weighted by Crippen LogP contribution is 2.61. The molecule has 2 N–H and O–H groups in total. The van der Waals surface area contributed by atoms with E-state index >= 15 is 0 Å². The van der Waals surface area contributed by atoms with E-state index in [0.29, 0.717) is 17.5 Å². The van der Waals surface area contributed by atoms with E-state index in [-0.39, 0.29) is 6.10 Å². The molecule has 2 nitrogen and oxygen atoms in total. The summed E-state index contributed by atoms with van der Waals surface area (Å²) >= 11 is 0. The Morgan fingerprint density at radius 1 is 1.05 bits per heavy atom. The molecule has 1 heterocycles. The van der Waals surface area contributed by atoms with Crippen molar-refractivity contribution in [3.8, 4) is 0 Å². The molecule has 5 rings (SSSR count). The summed E-state index contributed by atoms with van der Waals surface area (Å²) in [7, 11) is 0. The van der Waals surface area contributed by atoms with Gasteiger partial charge >= 0.3 is 0 Å². The van der Waals surface area contributed by atoms with Gasteiger partial charge in [-0.25, -0.2) is 0 Å². The van der Waals surface area contributed by atoms with Crippen molar-refractivity contribution in [1.82, 2.24) is 5.32 Å². The molecular formula is C18H31NO. The molecular weight excluding hydrogens is 246 g/mol. The van der Waals surface area contributed by atoms with E-state index in [1.54, 1.807) is 0 Å². The van der Waals surface area contributed by atoms with Gasteiger partial charge in [0.1, 0.15) is 0 Å². The van der Waals surface area contributed by atoms with Crippen LogP contribution in [0, 0.1) is 23.2 Å². The predicted molar refractivity (Wildman–Crippen MR) is 81.5 cm³/mol. The SMILES string of the molecule is CC1CCCC(CC(O)C23CC4CC(CC(C4)C2)C3)N1. The maximum absolute atomic E-state index is 11.0. The second-order valence-electron chi connectivity index (χ2n) is 8.73. The second kappa shape index (κ2) is 4.98. The summed E-state index contributed by atoms with van der Waals surface area (Å²) in [6.45, 7) is 2.29. The number of aliphatic hydroxyl groups excluding tert-OH is 1.